The van der Waals surface area contributed by atoms with Gasteiger partial charge in [0.25, 0.3) is 0 Å². The molecule has 0 spiro atoms. The zero-order valence-corrected chi connectivity index (χ0v) is 62.4. The second-order valence-electron chi connectivity index (χ2n) is 28.7. The van der Waals surface area contributed by atoms with Crippen LogP contribution >= 0.6 is 0 Å². The Morgan fingerprint density at radius 1 is 0.500 bits per heavy atom. The fraction of sp³-hybridized carbons (Fsp3) is 0.648. The molecule has 35 nitrogen and oxygen atoms in total. The van der Waals surface area contributed by atoms with Gasteiger partial charge in [0.2, 0.25) is 70.9 Å². The van der Waals surface area contributed by atoms with Crippen molar-refractivity contribution < 1.29 is 62.6 Å². The van der Waals surface area contributed by atoms with E-state index in [0.29, 0.717) is 25.7 Å². The fourth-order valence-electron chi connectivity index (χ4n) is 13.2. The summed E-state index contributed by atoms with van der Waals surface area (Å²) in [5.74, 6) is -9.42. The number of nitrogens with two attached hydrogens (primary N) is 8. The van der Waals surface area contributed by atoms with Gasteiger partial charge in [-0.05, 0) is 137 Å². The van der Waals surface area contributed by atoms with Crippen molar-refractivity contribution in [2.24, 2.45) is 78.6 Å². The molecular formula is C71H116N22O13. The molecule has 3 aliphatic heterocycles. The van der Waals surface area contributed by atoms with Crippen molar-refractivity contribution >= 4 is 99.5 Å². The molecule has 3 heterocycles. The Labute approximate surface area is 619 Å². The second kappa shape index (κ2) is 42.9. The minimum atomic E-state index is -1.46. The van der Waals surface area contributed by atoms with Crippen molar-refractivity contribution in [1.29, 1.82) is 0 Å². The lowest BCUT2D eigenvalue weighted by Gasteiger charge is -2.39. The SMILES string of the molecule is CC(C)C[C@H](NC(=O)[C@H](CO)NC(=O)[C@@H](N)C(C)C)C(=O)N[C@@H](C)C(=O)N[C@@H](CCCN=C(N)N)C(=O)N[C@@H](CCCN=C(N)N)C(=O)N1CCC[C@H]1C(=O)N[C@@H](CC(C)C)C(=O)N1CCC[C@H]1C(=O)N1CCCC[C@H]1C(=O)N[C@@H](CCCN=C(N)N)C(=O)N(CCC(N)=O)Cc1cccc2ccccc12. The molecule has 5 rings (SSSR count). The predicted molar refractivity (Wildman–Crippen MR) is 400 cm³/mol. The van der Waals surface area contributed by atoms with Crippen LogP contribution in [0, 0.1) is 17.8 Å². The van der Waals surface area contributed by atoms with Gasteiger partial charge in [0.05, 0.1) is 12.6 Å². The average molecular weight is 1490 g/mol. The maximum Gasteiger partial charge on any atom is 0.246 e. The number of aliphatic imine (C=N–C) groups is 3. The molecule has 0 unspecified atom stereocenters. The van der Waals surface area contributed by atoms with Gasteiger partial charge in [0.15, 0.2) is 17.9 Å². The summed E-state index contributed by atoms with van der Waals surface area (Å²) in [5.41, 5.74) is 46.1. The van der Waals surface area contributed by atoms with Crippen molar-refractivity contribution in [3.05, 3.63) is 48.0 Å². The van der Waals surface area contributed by atoms with Crippen LogP contribution in [0.5, 0.6) is 0 Å². The Balaban J connectivity index is 1.35. The molecule has 3 saturated heterocycles. The van der Waals surface area contributed by atoms with E-state index < -0.39 is 144 Å². The zero-order chi connectivity index (χ0) is 78.5. The number of benzene rings is 2. The number of amides is 12. The van der Waals surface area contributed by atoms with Crippen LogP contribution in [-0.2, 0) is 64.1 Å². The van der Waals surface area contributed by atoms with Gasteiger partial charge in [-0.2, -0.15) is 0 Å². The number of nitrogens with zero attached hydrogens (tertiary/aromatic N) is 7. The van der Waals surface area contributed by atoms with E-state index in [4.69, 9.17) is 45.9 Å². The van der Waals surface area contributed by atoms with Crippen LogP contribution in [-0.4, -0.2) is 232 Å². The Hall–Kier alpha value is -9.93. The van der Waals surface area contributed by atoms with Crippen molar-refractivity contribution in [1.82, 2.24) is 56.8 Å². The third-order valence-corrected chi connectivity index (χ3v) is 18.9. The summed E-state index contributed by atoms with van der Waals surface area (Å²) in [6, 6.07) is -0.0292. The van der Waals surface area contributed by atoms with Crippen LogP contribution in [0.1, 0.15) is 157 Å². The van der Waals surface area contributed by atoms with E-state index >= 15 is 14.4 Å². The smallest absolute Gasteiger partial charge is 0.246 e. The molecule has 3 aliphatic rings. The van der Waals surface area contributed by atoms with Crippen LogP contribution in [0.4, 0.5) is 0 Å². The lowest BCUT2D eigenvalue weighted by atomic mass is 9.98. The number of carbonyl (C=O) groups excluding carboxylic acids is 12. The van der Waals surface area contributed by atoms with Gasteiger partial charge < -0.3 is 108 Å². The molecule has 0 aliphatic carbocycles. The largest absolute Gasteiger partial charge is 0.394 e. The maximum atomic E-state index is 15.1. The molecule has 12 amide bonds. The Kier molecular flexibility index (Phi) is 35.1. The summed E-state index contributed by atoms with van der Waals surface area (Å²) < 4.78 is 0. The molecule has 0 bridgehead atoms. The lowest BCUT2D eigenvalue weighted by molar-refractivity contribution is -0.151. The summed E-state index contributed by atoms with van der Waals surface area (Å²) in [7, 11) is 0. The highest BCUT2D eigenvalue weighted by molar-refractivity contribution is 6.00. The van der Waals surface area contributed by atoms with Gasteiger partial charge in [-0.25, -0.2) is 0 Å². The first-order valence-corrected chi connectivity index (χ1v) is 36.8. The molecule has 24 N–H and O–H groups in total. The number of primary amides is 1. The van der Waals surface area contributed by atoms with E-state index in [9.17, 15) is 48.3 Å². The Bertz CT molecular complexity index is 3440. The molecule has 35 heteroatoms. The first kappa shape index (κ1) is 86.7. The van der Waals surface area contributed by atoms with E-state index in [1.807, 2.05) is 56.3 Å². The highest BCUT2D eigenvalue weighted by atomic mass is 16.3. The van der Waals surface area contributed by atoms with Gasteiger partial charge in [-0.1, -0.05) is 84.0 Å². The van der Waals surface area contributed by atoms with Gasteiger partial charge in [-0.15, -0.1) is 0 Å². The second-order valence-corrected chi connectivity index (χ2v) is 28.7. The predicted octanol–water partition coefficient (Wildman–Crippen LogP) is -2.95. The molecule has 0 aromatic heterocycles. The number of nitrogens with one attached hydrogen (secondary N) is 7. The number of likely N-dealkylation sites (tertiary alicyclic amines) is 3. The van der Waals surface area contributed by atoms with Crippen molar-refractivity contribution in [3.8, 4) is 0 Å². The average Bonchev–Trinajstić information content (AvgIpc) is 1.53. The molecule has 588 valence electrons. The number of aliphatic hydroxyl groups excluding tert-OH is 1. The minimum absolute atomic E-state index is 0.0226. The van der Waals surface area contributed by atoms with Crippen LogP contribution in [0.3, 0.4) is 0 Å². The van der Waals surface area contributed by atoms with Gasteiger partial charge in [-0.3, -0.25) is 72.5 Å². The minimum Gasteiger partial charge on any atom is -0.394 e. The summed E-state index contributed by atoms with van der Waals surface area (Å²) in [6.45, 7) is 11.8. The first-order valence-electron chi connectivity index (χ1n) is 36.8. The molecule has 2 aromatic carbocycles. The number of carbonyl (C=O) groups is 12. The number of hydrogen-bond donors (Lipinski definition) is 16. The molecule has 0 saturated carbocycles. The van der Waals surface area contributed by atoms with Gasteiger partial charge in [0.1, 0.15) is 60.4 Å². The number of fused-ring (bicyclic) bond motifs is 1. The summed E-state index contributed by atoms with van der Waals surface area (Å²) in [4.78, 5) is 188. The Morgan fingerprint density at radius 3 is 1.54 bits per heavy atom. The highest BCUT2D eigenvalue weighted by Gasteiger charge is 2.46. The third-order valence-electron chi connectivity index (χ3n) is 18.9. The lowest BCUT2D eigenvalue weighted by Crippen LogP contribution is -2.61. The van der Waals surface area contributed by atoms with Crippen molar-refractivity contribution in [3.63, 3.8) is 0 Å². The van der Waals surface area contributed by atoms with Crippen LogP contribution in [0.15, 0.2) is 57.4 Å². The monoisotopic (exact) mass is 1480 g/mol. The van der Waals surface area contributed by atoms with E-state index in [2.05, 4.69) is 52.2 Å². The maximum absolute atomic E-state index is 15.1. The quantitative estimate of drug-likeness (QED) is 0.0180. The molecule has 106 heavy (non-hydrogen) atoms. The van der Waals surface area contributed by atoms with Gasteiger partial charge in [0, 0.05) is 58.8 Å². The zero-order valence-electron chi connectivity index (χ0n) is 62.4. The van der Waals surface area contributed by atoms with E-state index in [-0.39, 0.29) is 165 Å². The summed E-state index contributed by atoms with van der Waals surface area (Å²) in [5, 5.41) is 30.7. The molecule has 2 aromatic rings. The first-order chi connectivity index (χ1) is 50.2. The number of piperidine rings is 1. The highest BCUT2D eigenvalue weighted by Crippen LogP contribution is 2.29. The standard InChI is InChI=1S/C71H116N22O13/c1-40(2)36-50(87-61(99)52(39-94)89-64(102)57(73)42(5)6)60(98)83-43(7)58(96)84-47(22-13-29-80-69(74)75)59(97)85-49(24-15-31-82-71(78)79)66(104)91-33-16-26-54(91)63(101)88-51(37-41(3)4)67(105)93-34-17-27-55(93)68(106)92-32-11-10-25-53(92)62(100)86-48(23-14-30-81-70(76)77)65(103)90(35-28-56(72)95)38-45-20-12-19-44-18-8-9-21-46(44)45/h8-9,12,18-21,40-43,47-55,57,94H,10-11,13-17,22-39,73H2,1-7H3,(H2,72,95)(H,83,98)(H,84,96)(H,85,97)(H,86,100)(H,87,99)(H,88,101)(H,89,102)(H4,74,75,80)(H4,76,77,81)(H4,78,79,82)/t43-,47-,48-,49-,50-,51-,52-,53-,54-,55-,57-/m0/s1. The topological polar surface area (TPSA) is 567 Å². The number of hydrogen-bond acceptors (Lipinski definition) is 17. The molecule has 0 radical (unpaired) electrons. The summed E-state index contributed by atoms with van der Waals surface area (Å²) >= 11 is 0. The van der Waals surface area contributed by atoms with Crippen molar-refractivity contribution in [2.45, 2.75) is 224 Å². The Morgan fingerprint density at radius 2 is 0.962 bits per heavy atom. The van der Waals surface area contributed by atoms with Crippen LogP contribution in [0.25, 0.3) is 10.8 Å². The molecule has 11 atom stereocenters. The normalized spacial score (nSPS) is 18.0. The van der Waals surface area contributed by atoms with Crippen molar-refractivity contribution in [2.75, 3.05) is 52.4 Å². The van der Waals surface area contributed by atoms with E-state index in [0.717, 1.165) is 16.3 Å². The number of aliphatic hydroxyl groups is 1. The fourth-order valence-corrected chi connectivity index (χ4v) is 13.2. The number of rotatable bonds is 41. The molecular weight excluding hydrogens is 1370 g/mol. The van der Waals surface area contributed by atoms with Gasteiger partial charge >= 0.3 is 0 Å². The van der Waals surface area contributed by atoms with Crippen LogP contribution < -0.4 is 83.1 Å². The third kappa shape index (κ3) is 26.9. The van der Waals surface area contributed by atoms with Crippen LogP contribution in [0.2, 0.25) is 0 Å². The van der Waals surface area contributed by atoms with E-state index in [1.165, 1.54) is 26.5 Å². The molecule has 3 fully saturated rings. The number of guanidine groups is 3. The summed E-state index contributed by atoms with van der Waals surface area (Å²) in [6.07, 6.45) is 3.05. The van der Waals surface area contributed by atoms with E-state index in [1.54, 1.807) is 27.7 Å².